The molecule has 1 aliphatic rings. The number of hydrogen-bond donors (Lipinski definition) is 1. The van der Waals surface area contributed by atoms with E-state index in [0.717, 1.165) is 13.0 Å². The maximum Gasteiger partial charge on any atom is 0.148 e. The zero-order valence-electron chi connectivity index (χ0n) is 5.26. The van der Waals surface area contributed by atoms with Crippen molar-refractivity contribution in [3.05, 3.63) is 0 Å². The minimum absolute atomic E-state index is 0.295. The van der Waals surface area contributed by atoms with Crippen LogP contribution in [-0.4, -0.2) is 23.9 Å². The maximum atomic E-state index is 9.32. The molecule has 9 heavy (non-hydrogen) atoms. The molecule has 1 heterocycles. The Labute approximate surface area is 54.8 Å². The predicted octanol–water partition coefficient (Wildman–Crippen LogP) is 0.161. The standard InChI is InChI=1S/C7H10O2/c1-2-7(8)4-3-5-9-6-7/h1,8H,3-6H2/t7-/m1/s1. The van der Waals surface area contributed by atoms with Gasteiger partial charge in [0.05, 0.1) is 6.61 Å². The van der Waals surface area contributed by atoms with Crippen LogP contribution < -0.4 is 0 Å². The Hall–Kier alpha value is -0.520. The van der Waals surface area contributed by atoms with Gasteiger partial charge < -0.3 is 9.84 Å². The summed E-state index contributed by atoms with van der Waals surface area (Å²) in [6.45, 7) is 1.02. The van der Waals surface area contributed by atoms with Crippen molar-refractivity contribution in [1.29, 1.82) is 0 Å². The third-order valence-electron chi connectivity index (χ3n) is 1.49. The van der Waals surface area contributed by atoms with E-state index >= 15 is 0 Å². The van der Waals surface area contributed by atoms with Crippen molar-refractivity contribution in [2.75, 3.05) is 13.2 Å². The summed E-state index contributed by atoms with van der Waals surface area (Å²) in [5.41, 5.74) is -0.974. The van der Waals surface area contributed by atoms with Crippen molar-refractivity contribution in [3.63, 3.8) is 0 Å². The van der Waals surface area contributed by atoms with Crippen LogP contribution in [0.1, 0.15) is 12.8 Å². The molecule has 0 spiro atoms. The van der Waals surface area contributed by atoms with Crippen LogP contribution in [0.3, 0.4) is 0 Å². The van der Waals surface area contributed by atoms with Gasteiger partial charge in [-0.15, -0.1) is 6.42 Å². The van der Waals surface area contributed by atoms with Crippen molar-refractivity contribution in [3.8, 4) is 12.3 Å². The van der Waals surface area contributed by atoms with E-state index in [1.807, 2.05) is 0 Å². The van der Waals surface area contributed by atoms with E-state index in [9.17, 15) is 5.11 Å². The lowest BCUT2D eigenvalue weighted by molar-refractivity contribution is -0.0479. The normalized spacial score (nSPS) is 35.6. The van der Waals surface area contributed by atoms with Gasteiger partial charge in [0.2, 0.25) is 0 Å². The number of aliphatic hydroxyl groups is 1. The van der Waals surface area contributed by atoms with E-state index in [4.69, 9.17) is 11.2 Å². The highest BCUT2D eigenvalue weighted by molar-refractivity contribution is 5.08. The molecule has 1 saturated heterocycles. The Morgan fingerprint density at radius 3 is 2.78 bits per heavy atom. The van der Waals surface area contributed by atoms with Gasteiger partial charge in [-0.05, 0) is 12.8 Å². The van der Waals surface area contributed by atoms with Crippen LogP contribution in [0.5, 0.6) is 0 Å². The van der Waals surface area contributed by atoms with Crippen molar-refractivity contribution < 1.29 is 9.84 Å². The summed E-state index contributed by atoms with van der Waals surface area (Å²) in [5.74, 6) is 2.31. The highest BCUT2D eigenvalue weighted by Gasteiger charge is 2.26. The van der Waals surface area contributed by atoms with Crippen molar-refractivity contribution in [1.82, 2.24) is 0 Å². The summed E-state index contributed by atoms with van der Waals surface area (Å²) in [7, 11) is 0. The first-order valence-electron chi connectivity index (χ1n) is 3.05. The van der Waals surface area contributed by atoms with Crippen LogP contribution in [0.4, 0.5) is 0 Å². The zero-order valence-corrected chi connectivity index (χ0v) is 5.26. The molecule has 0 aromatic carbocycles. The minimum Gasteiger partial charge on any atom is -0.377 e. The van der Waals surface area contributed by atoms with Crippen LogP contribution >= 0.6 is 0 Å². The van der Waals surface area contributed by atoms with Crippen LogP contribution in [0, 0.1) is 12.3 Å². The highest BCUT2D eigenvalue weighted by Crippen LogP contribution is 2.16. The van der Waals surface area contributed by atoms with Gasteiger partial charge in [-0.25, -0.2) is 0 Å². The molecule has 0 aliphatic carbocycles. The Morgan fingerprint density at radius 1 is 1.67 bits per heavy atom. The van der Waals surface area contributed by atoms with Crippen LogP contribution in [0.15, 0.2) is 0 Å². The largest absolute Gasteiger partial charge is 0.377 e. The Morgan fingerprint density at radius 2 is 2.44 bits per heavy atom. The molecule has 0 aromatic heterocycles. The second kappa shape index (κ2) is 2.38. The molecule has 50 valence electrons. The average molecular weight is 126 g/mol. The molecular formula is C7H10O2. The van der Waals surface area contributed by atoms with Crippen LogP contribution in [-0.2, 0) is 4.74 Å². The van der Waals surface area contributed by atoms with Gasteiger partial charge in [-0.2, -0.15) is 0 Å². The molecule has 0 saturated carbocycles. The molecule has 1 fully saturated rings. The quantitative estimate of drug-likeness (QED) is 0.468. The fourth-order valence-corrected chi connectivity index (χ4v) is 0.894. The molecule has 2 heteroatoms. The molecule has 1 aliphatic heterocycles. The Kier molecular flexibility index (Phi) is 1.75. The average Bonchev–Trinajstić information content (AvgIpc) is 1.90. The van der Waals surface area contributed by atoms with Crippen molar-refractivity contribution in [2.45, 2.75) is 18.4 Å². The Bertz CT molecular complexity index is 128. The highest BCUT2D eigenvalue weighted by atomic mass is 16.5. The number of terminal acetylenes is 1. The summed E-state index contributed by atoms with van der Waals surface area (Å²) in [6, 6.07) is 0. The topological polar surface area (TPSA) is 29.5 Å². The number of rotatable bonds is 0. The summed E-state index contributed by atoms with van der Waals surface area (Å²) in [6.07, 6.45) is 6.59. The molecule has 1 atom stereocenters. The monoisotopic (exact) mass is 126 g/mol. The first kappa shape index (κ1) is 6.60. The SMILES string of the molecule is C#C[C@@]1(O)CCCOC1. The van der Waals surface area contributed by atoms with Gasteiger partial charge in [-0.3, -0.25) is 0 Å². The van der Waals surface area contributed by atoms with E-state index < -0.39 is 5.60 Å². The second-order valence-corrected chi connectivity index (χ2v) is 2.33. The van der Waals surface area contributed by atoms with E-state index in [-0.39, 0.29) is 0 Å². The zero-order chi connectivity index (χ0) is 6.74. The van der Waals surface area contributed by atoms with Gasteiger partial charge in [0.25, 0.3) is 0 Å². The summed E-state index contributed by atoms with van der Waals surface area (Å²) < 4.78 is 4.98. The maximum absolute atomic E-state index is 9.32. The first-order valence-corrected chi connectivity index (χ1v) is 3.05. The van der Waals surface area contributed by atoms with Crippen molar-refractivity contribution >= 4 is 0 Å². The summed E-state index contributed by atoms with van der Waals surface area (Å²) in [5, 5.41) is 9.32. The van der Waals surface area contributed by atoms with E-state index in [1.54, 1.807) is 0 Å². The van der Waals surface area contributed by atoms with Gasteiger partial charge in [0, 0.05) is 6.61 Å². The smallest absolute Gasteiger partial charge is 0.148 e. The molecule has 0 aromatic rings. The van der Waals surface area contributed by atoms with Crippen LogP contribution in [0.25, 0.3) is 0 Å². The lowest BCUT2D eigenvalue weighted by Gasteiger charge is -2.26. The Balaban J connectivity index is 2.49. The fraction of sp³-hybridized carbons (Fsp3) is 0.714. The second-order valence-electron chi connectivity index (χ2n) is 2.33. The summed E-state index contributed by atoms with van der Waals surface area (Å²) >= 11 is 0. The van der Waals surface area contributed by atoms with Gasteiger partial charge in [-0.1, -0.05) is 5.92 Å². The first-order chi connectivity index (χ1) is 4.27. The number of hydrogen-bond acceptors (Lipinski definition) is 2. The van der Waals surface area contributed by atoms with E-state index in [2.05, 4.69) is 5.92 Å². The van der Waals surface area contributed by atoms with Gasteiger partial charge in [0.1, 0.15) is 5.60 Å². The third-order valence-corrected chi connectivity index (χ3v) is 1.49. The van der Waals surface area contributed by atoms with Gasteiger partial charge in [0.15, 0.2) is 0 Å². The lowest BCUT2D eigenvalue weighted by atomic mass is 9.98. The third kappa shape index (κ3) is 1.44. The summed E-state index contributed by atoms with van der Waals surface area (Å²) in [4.78, 5) is 0. The van der Waals surface area contributed by atoms with E-state index in [0.29, 0.717) is 13.0 Å². The molecule has 2 nitrogen and oxygen atoms in total. The van der Waals surface area contributed by atoms with Gasteiger partial charge >= 0.3 is 0 Å². The molecular weight excluding hydrogens is 116 g/mol. The molecule has 0 radical (unpaired) electrons. The van der Waals surface area contributed by atoms with Crippen LogP contribution in [0.2, 0.25) is 0 Å². The minimum atomic E-state index is -0.974. The lowest BCUT2D eigenvalue weighted by Crippen LogP contribution is -2.36. The fourth-order valence-electron chi connectivity index (χ4n) is 0.894. The van der Waals surface area contributed by atoms with Crippen molar-refractivity contribution in [2.24, 2.45) is 0 Å². The predicted molar refractivity (Wildman–Crippen MR) is 33.8 cm³/mol. The molecule has 0 amide bonds. The number of ether oxygens (including phenoxy) is 1. The molecule has 1 rings (SSSR count). The van der Waals surface area contributed by atoms with E-state index in [1.165, 1.54) is 0 Å². The molecule has 0 unspecified atom stereocenters. The molecule has 0 bridgehead atoms. The molecule has 1 N–H and O–H groups in total.